The second kappa shape index (κ2) is 5.11. The highest BCUT2D eigenvalue weighted by atomic mass is 32.1. The lowest BCUT2D eigenvalue weighted by molar-refractivity contribution is -0.137. The second-order valence-corrected chi connectivity index (χ2v) is 6.28. The monoisotopic (exact) mass is 307 g/mol. The van der Waals surface area contributed by atoms with Gasteiger partial charge in [0, 0.05) is 16.1 Å². The average Bonchev–Trinajstić information content (AvgIpc) is 3.20. The van der Waals surface area contributed by atoms with Gasteiger partial charge in [-0.2, -0.15) is 0 Å². The van der Waals surface area contributed by atoms with Crippen LogP contribution in [0.3, 0.4) is 0 Å². The fraction of sp³-hybridized carbons (Fsp3) is 0.333. The van der Waals surface area contributed by atoms with E-state index in [4.69, 9.17) is 5.11 Å². The van der Waals surface area contributed by atoms with Crippen LogP contribution in [0, 0.1) is 12.7 Å². The predicted octanol–water partition coefficient (Wildman–Crippen LogP) is 3.04. The molecule has 1 aromatic heterocycles. The van der Waals surface area contributed by atoms with E-state index in [0.717, 1.165) is 12.8 Å². The first-order valence-electron chi connectivity index (χ1n) is 6.69. The zero-order valence-electron chi connectivity index (χ0n) is 11.4. The molecule has 1 fully saturated rings. The molecule has 0 aliphatic heterocycles. The van der Waals surface area contributed by atoms with Gasteiger partial charge in [0.2, 0.25) is 0 Å². The molecular formula is C15H14FNO3S. The average molecular weight is 307 g/mol. The van der Waals surface area contributed by atoms with Gasteiger partial charge in [-0.15, -0.1) is 11.3 Å². The maximum atomic E-state index is 13.9. The van der Waals surface area contributed by atoms with Crippen LogP contribution in [0.5, 0.6) is 0 Å². The van der Waals surface area contributed by atoms with Crippen molar-refractivity contribution in [2.24, 2.45) is 0 Å². The summed E-state index contributed by atoms with van der Waals surface area (Å²) in [6.45, 7) is 1.40. The van der Waals surface area contributed by atoms with Gasteiger partial charge in [-0.1, -0.05) is 6.07 Å². The Balaban J connectivity index is 2.02. The number of carboxylic acid groups (broad SMARTS) is 1. The first-order valence-corrected chi connectivity index (χ1v) is 7.51. The third kappa shape index (κ3) is 2.51. The summed E-state index contributed by atoms with van der Waals surface area (Å²) in [7, 11) is 0. The Labute approximate surface area is 124 Å². The van der Waals surface area contributed by atoms with Gasteiger partial charge < -0.3 is 10.0 Å². The number of thiophene rings is 1. The normalized spacial score (nSPS) is 14.4. The Morgan fingerprint density at radius 1 is 1.43 bits per heavy atom. The summed E-state index contributed by atoms with van der Waals surface area (Å²) in [6.07, 6.45) is 1.66. The van der Waals surface area contributed by atoms with Gasteiger partial charge in [0.15, 0.2) is 0 Å². The highest BCUT2D eigenvalue weighted by molar-refractivity contribution is 7.21. The largest absolute Gasteiger partial charge is 0.480 e. The quantitative estimate of drug-likeness (QED) is 0.944. The molecule has 1 saturated carbocycles. The van der Waals surface area contributed by atoms with Crippen LogP contribution in [0.15, 0.2) is 18.2 Å². The van der Waals surface area contributed by atoms with Gasteiger partial charge in [-0.3, -0.25) is 9.59 Å². The summed E-state index contributed by atoms with van der Waals surface area (Å²) in [5.41, 5.74) is 0.592. The van der Waals surface area contributed by atoms with E-state index in [9.17, 15) is 14.0 Å². The minimum Gasteiger partial charge on any atom is -0.480 e. The molecule has 4 nitrogen and oxygen atoms in total. The first-order chi connectivity index (χ1) is 9.99. The van der Waals surface area contributed by atoms with Crippen LogP contribution >= 0.6 is 11.3 Å². The van der Waals surface area contributed by atoms with Gasteiger partial charge in [0.1, 0.15) is 12.4 Å². The molecule has 1 aliphatic carbocycles. The van der Waals surface area contributed by atoms with Crippen molar-refractivity contribution in [1.29, 1.82) is 0 Å². The number of fused-ring (bicyclic) bond motifs is 1. The SMILES string of the molecule is Cc1c(C(=O)N(CC(=O)O)C2CC2)sc2cccc(F)c12. The van der Waals surface area contributed by atoms with Crippen molar-refractivity contribution < 1.29 is 19.1 Å². The number of nitrogens with zero attached hydrogens (tertiary/aromatic N) is 1. The van der Waals surface area contributed by atoms with Crippen LogP contribution < -0.4 is 0 Å². The summed E-state index contributed by atoms with van der Waals surface area (Å²) in [6, 6.07) is 4.75. The molecule has 6 heteroatoms. The van der Waals surface area contributed by atoms with Gasteiger partial charge in [-0.05, 0) is 37.5 Å². The van der Waals surface area contributed by atoms with Crippen LogP contribution in [0.1, 0.15) is 28.1 Å². The second-order valence-electron chi connectivity index (χ2n) is 5.23. The van der Waals surface area contributed by atoms with Gasteiger partial charge in [0.25, 0.3) is 5.91 Å². The standard InChI is InChI=1S/C15H14FNO3S/c1-8-13-10(16)3-2-4-11(13)21-14(8)15(20)17(7-12(18)19)9-5-6-9/h2-4,9H,5-7H2,1H3,(H,18,19). The summed E-state index contributed by atoms with van der Waals surface area (Å²) >= 11 is 1.22. The van der Waals surface area contributed by atoms with E-state index in [1.54, 1.807) is 19.1 Å². The molecule has 0 atom stereocenters. The molecule has 0 spiro atoms. The molecule has 0 bridgehead atoms. The highest BCUT2D eigenvalue weighted by Gasteiger charge is 2.35. The number of amides is 1. The summed E-state index contributed by atoms with van der Waals surface area (Å²) in [4.78, 5) is 25.4. The predicted molar refractivity (Wildman–Crippen MR) is 78.2 cm³/mol. The van der Waals surface area contributed by atoms with Gasteiger partial charge >= 0.3 is 5.97 Å². The summed E-state index contributed by atoms with van der Waals surface area (Å²) in [5, 5.41) is 9.41. The third-order valence-electron chi connectivity index (χ3n) is 3.65. The molecule has 1 aromatic carbocycles. The molecule has 1 N–H and O–H groups in total. The van der Waals surface area contributed by atoms with Gasteiger partial charge in [-0.25, -0.2) is 4.39 Å². The van der Waals surface area contributed by atoms with E-state index in [2.05, 4.69) is 0 Å². The Bertz CT molecular complexity index is 736. The zero-order chi connectivity index (χ0) is 15.1. The highest BCUT2D eigenvalue weighted by Crippen LogP contribution is 2.35. The van der Waals surface area contributed by atoms with Crippen molar-refractivity contribution in [1.82, 2.24) is 4.90 Å². The van der Waals surface area contributed by atoms with Crippen LogP contribution in [-0.2, 0) is 4.79 Å². The molecule has 3 rings (SSSR count). The molecule has 0 radical (unpaired) electrons. The number of carbonyl (C=O) groups excluding carboxylic acids is 1. The Kier molecular flexibility index (Phi) is 3.41. The molecule has 1 aliphatic rings. The van der Waals surface area contributed by atoms with E-state index in [1.807, 2.05) is 0 Å². The molecule has 21 heavy (non-hydrogen) atoms. The number of carboxylic acids is 1. The number of carbonyl (C=O) groups is 2. The molecule has 0 saturated heterocycles. The minimum absolute atomic E-state index is 0.00283. The fourth-order valence-electron chi connectivity index (χ4n) is 2.49. The lowest BCUT2D eigenvalue weighted by atomic mass is 10.1. The Hall–Kier alpha value is -1.95. The number of benzene rings is 1. The van der Waals surface area contributed by atoms with Crippen molar-refractivity contribution >= 4 is 33.3 Å². The molecular weight excluding hydrogens is 293 g/mol. The molecule has 2 aromatic rings. The van der Waals surface area contributed by atoms with E-state index in [-0.39, 0.29) is 24.3 Å². The lowest BCUT2D eigenvalue weighted by Gasteiger charge is -2.19. The smallest absolute Gasteiger partial charge is 0.323 e. The molecule has 110 valence electrons. The number of hydrogen-bond acceptors (Lipinski definition) is 3. The van der Waals surface area contributed by atoms with E-state index < -0.39 is 5.97 Å². The van der Waals surface area contributed by atoms with Crippen molar-refractivity contribution in [3.8, 4) is 0 Å². The van der Waals surface area contributed by atoms with Crippen LogP contribution in [0.4, 0.5) is 4.39 Å². The Morgan fingerprint density at radius 2 is 2.14 bits per heavy atom. The zero-order valence-corrected chi connectivity index (χ0v) is 12.2. The van der Waals surface area contributed by atoms with Crippen LogP contribution in [-0.4, -0.2) is 34.5 Å². The molecule has 1 amide bonds. The third-order valence-corrected chi connectivity index (χ3v) is 4.90. The molecule has 1 heterocycles. The van der Waals surface area contributed by atoms with E-state index in [0.29, 0.717) is 20.5 Å². The summed E-state index contributed by atoms with van der Waals surface area (Å²) < 4.78 is 14.6. The van der Waals surface area contributed by atoms with Crippen molar-refractivity contribution in [2.75, 3.05) is 6.54 Å². The molecule has 0 unspecified atom stereocenters. The number of hydrogen-bond donors (Lipinski definition) is 1. The maximum Gasteiger partial charge on any atom is 0.323 e. The lowest BCUT2D eigenvalue weighted by Crippen LogP contribution is -2.37. The van der Waals surface area contributed by atoms with Crippen molar-refractivity contribution in [3.63, 3.8) is 0 Å². The Morgan fingerprint density at radius 3 is 2.71 bits per heavy atom. The number of aryl methyl sites for hydroxylation is 1. The maximum absolute atomic E-state index is 13.9. The van der Waals surface area contributed by atoms with E-state index >= 15 is 0 Å². The van der Waals surface area contributed by atoms with E-state index in [1.165, 1.54) is 22.3 Å². The van der Waals surface area contributed by atoms with Crippen LogP contribution in [0.2, 0.25) is 0 Å². The number of rotatable bonds is 4. The number of halogens is 1. The van der Waals surface area contributed by atoms with Gasteiger partial charge in [0.05, 0.1) is 4.88 Å². The number of aliphatic carboxylic acids is 1. The minimum atomic E-state index is -1.03. The summed E-state index contributed by atoms with van der Waals surface area (Å²) in [5.74, 6) is -1.69. The van der Waals surface area contributed by atoms with Crippen molar-refractivity contribution in [3.05, 3.63) is 34.5 Å². The topological polar surface area (TPSA) is 57.6 Å². The van der Waals surface area contributed by atoms with Crippen molar-refractivity contribution in [2.45, 2.75) is 25.8 Å². The first kappa shape index (κ1) is 14.0. The fourth-order valence-corrected chi connectivity index (χ4v) is 3.67. The van der Waals surface area contributed by atoms with Crippen LogP contribution in [0.25, 0.3) is 10.1 Å².